The minimum Gasteiger partial charge on any atom is -0.483 e. The summed E-state index contributed by atoms with van der Waals surface area (Å²) >= 11 is 0. The summed E-state index contributed by atoms with van der Waals surface area (Å²) in [7, 11) is 0. The zero-order chi connectivity index (χ0) is 13.1. The van der Waals surface area contributed by atoms with Gasteiger partial charge in [0.1, 0.15) is 5.75 Å². The second-order valence-electron chi connectivity index (χ2n) is 4.68. The molecule has 0 aromatic heterocycles. The summed E-state index contributed by atoms with van der Waals surface area (Å²) < 4.78 is 5.61. The third kappa shape index (κ3) is 2.61. The van der Waals surface area contributed by atoms with Gasteiger partial charge in [-0.05, 0) is 43.5 Å². The SMILES string of the molecule is CCC(=O)C(C)Oc1ccc2c(c1)CCCC2=O. The Bertz CT molecular complexity index is 477. The predicted octanol–water partition coefficient (Wildman–Crippen LogP) is 2.95. The number of aryl methyl sites for hydroxylation is 1. The van der Waals surface area contributed by atoms with E-state index in [0.29, 0.717) is 18.6 Å². The number of hydrogen-bond acceptors (Lipinski definition) is 3. The van der Waals surface area contributed by atoms with Gasteiger partial charge in [-0.15, -0.1) is 0 Å². The van der Waals surface area contributed by atoms with E-state index in [9.17, 15) is 9.59 Å². The van der Waals surface area contributed by atoms with Gasteiger partial charge in [0.15, 0.2) is 17.7 Å². The molecule has 1 unspecified atom stereocenters. The van der Waals surface area contributed by atoms with E-state index in [1.54, 1.807) is 13.0 Å². The molecular formula is C15H18O3. The lowest BCUT2D eigenvalue weighted by atomic mass is 9.90. The quantitative estimate of drug-likeness (QED) is 0.820. The van der Waals surface area contributed by atoms with E-state index in [1.165, 1.54) is 0 Å². The minimum absolute atomic E-state index is 0.0868. The summed E-state index contributed by atoms with van der Waals surface area (Å²) in [5.41, 5.74) is 1.85. The first kappa shape index (κ1) is 12.8. The van der Waals surface area contributed by atoms with Crippen LogP contribution in [0.1, 0.15) is 49.0 Å². The maximum absolute atomic E-state index is 11.7. The molecule has 3 heteroatoms. The molecule has 0 amide bonds. The Labute approximate surface area is 107 Å². The highest BCUT2D eigenvalue weighted by Crippen LogP contribution is 2.26. The molecule has 0 bridgehead atoms. The molecule has 1 aromatic carbocycles. The second kappa shape index (κ2) is 5.34. The molecule has 0 spiro atoms. The largest absolute Gasteiger partial charge is 0.483 e. The Hall–Kier alpha value is -1.64. The van der Waals surface area contributed by atoms with Crippen molar-refractivity contribution in [1.29, 1.82) is 0 Å². The first-order valence-corrected chi connectivity index (χ1v) is 6.47. The highest BCUT2D eigenvalue weighted by molar-refractivity contribution is 5.98. The van der Waals surface area contributed by atoms with Gasteiger partial charge in [0.05, 0.1) is 0 Å². The summed E-state index contributed by atoms with van der Waals surface area (Å²) in [5.74, 6) is 0.974. The molecule has 0 radical (unpaired) electrons. The van der Waals surface area contributed by atoms with Crippen LogP contribution in [0.3, 0.4) is 0 Å². The third-order valence-electron chi connectivity index (χ3n) is 3.34. The lowest BCUT2D eigenvalue weighted by molar-refractivity contribution is -0.124. The molecule has 1 atom stereocenters. The number of carbonyl (C=O) groups excluding carboxylic acids is 2. The van der Waals surface area contributed by atoms with Gasteiger partial charge >= 0.3 is 0 Å². The van der Waals surface area contributed by atoms with Gasteiger partial charge in [-0.1, -0.05) is 6.92 Å². The lowest BCUT2D eigenvalue weighted by Crippen LogP contribution is -2.23. The summed E-state index contributed by atoms with van der Waals surface area (Å²) in [6, 6.07) is 5.49. The minimum atomic E-state index is -0.424. The topological polar surface area (TPSA) is 43.4 Å². The predicted molar refractivity (Wildman–Crippen MR) is 69.1 cm³/mol. The molecule has 3 nitrogen and oxygen atoms in total. The number of ketones is 2. The molecule has 1 aliphatic carbocycles. The number of Topliss-reactive ketones (excluding diaryl/α,β-unsaturated/α-hetero) is 2. The molecular weight excluding hydrogens is 228 g/mol. The molecule has 96 valence electrons. The summed E-state index contributed by atoms with van der Waals surface area (Å²) in [6.45, 7) is 3.59. The molecule has 0 aliphatic heterocycles. The van der Waals surface area contributed by atoms with Crippen LogP contribution in [0.25, 0.3) is 0 Å². The van der Waals surface area contributed by atoms with Crippen LogP contribution in [0.5, 0.6) is 5.75 Å². The fourth-order valence-electron chi connectivity index (χ4n) is 2.25. The fraction of sp³-hybridized carbons (Fsp3) is 0.467. The molecule has 0 fully saturated rings. The van der Waals surface area contributed by atoms with Crippen LogP contribution >= 0.6 is 0 Å². The Morgan fingerprint density at radius 2 is 2.17 bits per heavy atom. The normalized spacial score (nSPS) is 16.0. The number of carbonyl (C=O) groups is 2. The number of fused-ring (bicyclic) bond motifs is 1. The van der Waals surface area contributed by atoms with Gasteiger partial charge < -0.3 is 4.74 Å². The molecule has 2 rings (SSSR count). The zero-order valence-corrected chi connectivity index (χ0v) is 10.9. The zero-order valence-electron chi connectivity index (χ0n) is 10.9. The standard InChI is InChI=1S/C15H18O3/c1-3-14(16)10(2)18-12-7-8-13-11(9-12)5-4-6-15(13)17/h7-10H,3-6H2,1-2H3. The van der Waals surface area contributed by atoms with Gasteiger partial charge in [0.2, 0.25) is 0 Å². The lowest BCUT2D eigenvalue weighted by Gasteiger charge is -2.18. The van der Waals surface area contributed by atoms with E-state index in [1.807, 2.05) is 19.1 Å². The average molecular weight is 246 g/mol. The Morgan fingerprint density at radius 3 is 2.89 bits per heavy atom. The second-order valence-corrected chi connectivity index (χ2v) is 4.68. The van der Waals surface area contributed by atoms with Crippen molar-refractivity contribution in [1.82, 2.24) is 0 Å². The van der Waals surface area contributed by atoms with Crippen LogP contribution < -0.4 is 4.74 Å². The van der Waals surface area contributed by atoms with Crippen molar-refractivity contribution in [3.05, 3.63) is 29.3 Å². The van der Waals surface area contributed by atoms with Crippen LogP contribution in [-0.4, -0.2) is 17.7 Å². The van der Waals surface area contributed by atoms with Crippen LogP contribution in [0, 0.1) is 0 Å². The van der Waals surface area contributed by atoms with Crippen molar-refractivity contribution in [3.63, 3.8) is 0 Å². The van der Waals surface area contributed by atoms with Crippen LogP contribution in [0.4, 0.5) is 0 Å². The Balaban J connectivity index is 2.16. The monoisotopic (exact) mass is 246 g/mol. The van der Waals surface area contributed by atoms with E-state index in [0.717, 1.165) is 24.0 Å². The van der Waals surface area contributed by atoms with E-state index in [2.05, 4.69) is 0 Å². The molecule has 1 aliphatic rings. The maximum Gasteiger partial charge on any atom is 0.172 e. The van der Waals surface area contributed by atoms with Gasteiger partial charge in [0.25, 0.3) is 0 Å². The van der Waals surface area contributed by atoms with Gasteiger partial charge in [-0.25, -0.2) is 0 Å². The Kier molecular flexibility index (Phi) is 3.80. The van der Waals surface area contributed by atoms with E-state index in [-0.39, 0.29) is 11.6 Å². The molecule has 0 saturated carbocycles. The van der Waals surface area contributed by atoms with Crippen molar-refractivity contribution in [2.75, 3.05) is 0 Å². The van der Waals surface area contributed by atoms with Crippen molar-refractivity contribution < 1.29 is 14.3 Å². The molecule has 0 N–H and O–H groups in total. The van der Waals surface area contributed by atoms with Gasteiger partial charge in [-0.2, -0.15) is 0 Å². The summed E-state index contributed by atoms with van der Waals surface area (Å²) in [5, 5.41) is 0. The van der Waals surface area contributed by atoms with E-state index in [4.69, 9.17) is 4.74 Å². The number of ether oxygens (including phenoxy) is 1. The van der Waals surface area contributed by atoms with Crippen molar-refractivity contribution in [3.8, 4) is 5.75 Å². The fourth-order valence-corrected chi connectivity index (χ4v) is 2.25. The van der Waals surface area contributed by atoms with Gasteiger partial charge in [0, 0.05) is 18.4 Å². The summed E-state index contributed by atoms with van der Waals surface area (Å²) in [4.78, 5) is 23.2. The number of benzene rings is 1. The van der Waals surface area contributed by atoms with Crippen LogP contribution in [-0.2, 0) is 11.2 Å². The van der Waals surface area contributed by atoms with E-state index < -0.39 is 6.10 Å². The molecule has 18 heavy (non-hydrogen) atoms. The number of rotatable bonds is 4. The smallest absolute Gasteiger partial charge is 0.172 e. The van der Waals surface area contributed by atoms with Crippen LogP contribution in [0.15, 0.2) is 18.2 Å². The first-order chi connectivity index (χ1) is 8.61. The van der Waals surface area contributed by atoms with Crippen molar-refractivity contribution in [2.45, 2.75) is 45.6 Å². The molecule has 0 heterocycles. The average Bonchev–Trinajstić information content (AvgIpc) is 2.38. The first-order valence-electron chi connectivity index (χ1n) is 6.47. The third-order valence-corrected chi connectivity index (χ3v) is 3.34. The summed E-state index contributed by atoms with van der Waals surface area (Å²) in [6.07, 6.45) is 2.50. The highest BCUT2D eigenvalue weighted by atomic mass is 16.5. The van der Waals surface area contributed by atoms with Crippen molar-refractivity contribution in [2.24, 2.45) is 0 Å². The molecule has 1 aromatic rings. The van der Waals surface area contributed by atoms with E-state index >= 15 is 0 Å². The number of hydrogen-bond donors (Lipinski definition) is 0. The van der Waals surface area contributed by atoms with Crippen molar-refractivity contribution >= 4 is 11.6 Å². The maximum atomic E-state index is 11.7. The van der Waals surface area contributed by atoms with Gasteiger partial charge in [-0.3, -0.25) is 9.59 Å². The highest BCUT2D eigenvalue weighted by Gasteiger charge is 2.18. The Morgan fingerprint density at radius 1 is 1.39 bits per heavy atom. The molecule has 0 saturated heterocycles. The van der Waals surface area contributed by atoms with Crippen LogP contribution in [0.2, 0.25) is 0 Å².